The molecule has 2 heterocycles. The van der Waals surface area contributed by atoms with Gasteiger partial charge in [-0.15, -0.1) is 0 Å². The minimum Gasteiger partial charge on any atom is -0.444 e. The number of para-hydroxylation sites is 1. The highest BCUT2D eigenvalue weighted by molar-refractivity contribution is 5.72. The van der Waals surface area contributed by atoms with Crippen LogP contribution < -0.4 is 4.90 Å². The molecular weight excluding hydrogens is 324 g/mol. The van der Waals surface area contributed by atoms with Gasteiger partial charge in [0.1, 0.15) is 11.8 Å². The van der Waals surface area contributed by atoms with Crippen molar-refractivity contribution in [2.45, 2.75) is 51.9 Å². The Kier molecular flexibility index (Phi) is 4.14. The molecule has 1 amide bonds. The largest absolute Gasteiger partial charge is 0.444 e. The van der Waals surface area contributed by atoms with Gasteiger partial charge in [-0.3, -0.25) is 4.90 Å². The molecule has 136 valence electrons. The summed E-state index contributed by atoms with van der Waals surface area (Å²) in [5, 5.41) is 0. The SMILES string of the molecule is CC(C)(C)OC(=O)N1Cc2ccccc2C1N1CCCc2ccccc21. The van der Waals surface area contributed by atoms with Crippen LogP contribution in [0.2, 0.25) is 0 Å². The molecule has 2 aromatic rings. The standard InChI is InChI=1S/C22H26N2O2/c1-22(2,3)26-21(25)24-15-17-10-4-6-12-18(17)20(24)23-14-8-11-16-9-5-7-13-19(16)23/h4-7,9-10,12-13,20H,8,11,14-15H2,1-3H3. The molecule has 0 aliphatic carbocycles. The van der Waals surface area contributed by atoms with Crippen LogP contribution in [0.4, 0.5) is 10.5 Å². The predicted molar refractivity (Wildman–Crippen MR) is 103 cm³/mol. The Morgan fingerprint density at radius 1 is 1.04 bits per heavy atom. The first-order valence-corrected chi connectivity index (χ1v) is 9.36. The molecule has 2 aliphatic heterocycles. The van der Waals surface area contributed by atoms with Gasteiger partial charge in [-0.2, -0.15) is 0 Å². The maximum Gasteiger partial charge on any atom is 0.412 e. The topological polar surface area (TPSA) is 32.8 Å². The lowest BCUT2D eigenvalue weighted by Gasteiger charge is -2.40. The minimum absolute atomic E-state index is 0.109. The van der Waals surface area contributed by atoms with Gasteiger partial charge in [0, 0.05) is 12.2 Å². The molecule has 0 aromatic heterocycles. The van der Waals surface area contributed by atoms with E-state index in [9.17, 15) is 4.79 Å². The van der Waals surface area contributed by atoms with Gasteiger partial charge in [0.2, 0.25) is 0 Å². The molecule has 2 aromatic carbocycles. The summed E-state index contributed by atoms with van der Waals surface area (Å²) in [6, 6.07) is 16.9. The van der Waals surface area contributed by atoms with Gasteiger partial charge in [0.25, 0.3) is 0 Å². The number of benzene rings is 2. The molecule has 26 heavy (non-hydrogen) atoms. The third-order valence-corrected chi connectivity index (χ3v) is 5.04. The van der Waals surface area contributed by atoms with E-state index in [1.807, 2.05) is 31.7 Å². The molecule has 0 radical (unpaired) electrons. The third kappa shape index (κ3) is 3.05. The summed E-state index contributed by atoms with van der Waals surface area (Å²) in [6.07, 6.45) is 1.83. The number of anilines is 1. The molecule has 4 nitrogen and oxygen atoms in total. The summed E-state index contributed by atoms with van der Waals surface area (Å²) < 4.78 is 5.72. The van der Waals surface area contributed by atoms with Crippen LogP contribution in [0.25, 0.3) is 0 Å². The molecule has 0 fully saturated rings. The summed E-state index contributed by atoms with van der Waals surface area (Å²) in [5.74, 6) is 0. The van der Waals surface area contributed by atoms with Crippen molar-refractivity contribution < 1.29 is 9.53 Å². The van der Waals surface area contributed by atoms with E-state index >= 15 is 0 Å². The van der Waals surface area contributed by atoms with Gasteiger partial charge in [0.05, 0.1) is 6.54 Å². The van der Waals surface area contributed by atoms with Gasteiger partial charge < -0.3 is 9.64 Å². The van der Waals surface area contributed by atoms with Gasteiger partial charge in [-0.05, 0) is 56.4 Å². The number of aryl methyl sites for hydroxylation is 1. The Morgan fingerprint density at radius 2 is 1.73 bits per heavy atom. The zero-order valence-corrected chi connectivity index (χ0v) is 15.7. The number of carbonyl (C=O) groups is 1. The Morgan fingerprint density at radius 3 is 2.50 bits per heavy atom. The lowest BCUT2D eigenvalue weighted by atomic mass is 9.99. The van der Waals surface area contributed by atoms with Crippen molar-refractivity contribution in [3.8, 4) is 0 Å². The Bertz CT molecular complexity index is 825. The molecule has 0 spiro atoms. The lowest BCUT2D eigenvalue weighted by molar-refractivity contribution is 0.0167. The number of fused-ring (bicyclic) bond motifs is 2. The average molecular weight is 350 g/mol. The lowest BCUT2D eigenvalue weighted by Crippen LogP contribution is -2.44. The second-order valence-electron chi connectivity index (χ2n) is 8.11. The summed E-state index contributed by atoms with van der Waals surface area (Å²) >= 11 is 0. The van der Waals surface area contributed by atoms with E-state index < -0.39 is 5.60 Å². The number of amides is 1. The Balaban J connectivity index is 1.74. The highest BCUT2D eigenvalue weighted by Crippen LogP contribution is 2.42. The summed E-state index contributed by atoms with van der Waals surface area (Å²) in [5.41, 5.74) is 4.48. The smallest absolute Gasteiger partial charge is 0.412 e. The molecule has 4 rings (SSSR count). The zero-order chi connectivity index (χ0) is 18.3. The number of hydrogen-bond donors (Lipinski definition) is 0. The average Bonchev–Trinajstić information content (AvgIpc) is 2.99. The second kappa shape index (κ2) is 6.35. The fourth-order valence-corrected chi connectivity index (χ4v) is 4.01. The maximum atomic E-state index is 13.0. The van der Waals surface area contributed by atoms with Crippen molar-refractivity contribution in [3.05, 3.63) is 65.2 Å². The van der Waals surface area contributed by atoms with E-state index in [4.69, 9.17) is 4.74 Å². The first kappa shape index (κ1) is 17.0. The first-order chi connectivity index (χ1) is 12.4. The summed E-state index contributed by atoms with van der Waals surface area (Å²) in [4.78, 5) is 17.2. The van der Waals surface area contributed by atoms with Crippen molar-refractivity contribution >= 4 is 11.8 Å². The van der Waals surface area contributed by atoms with Crippen molar-refractivity contribution in [1.82, 2.24) is 4.90 Å². The first-order valence-electron chi connectivity index (χ1n) is 9.36. The fraction of sp³-hybridized carbons (Fsp3) is 0.409. The van der Waals surface area contributed by atoms with Crippen molar-refractivity contribution in [3.63, 3.8) is 0 Å². The van der Waals surface area contributed by atoms with Gasteiger partial charge >= 0.3 is 6.09 Å². The van der Waals surface area contributed by atoms with E-state index in [-0.39, 0.29) is 12.3 Å². The van der Waals surface area contributed by atoms with Crippen LogP contribution in [0.1, 0.15) is 50.0 Å². The predicted octanol–water partition coefficient (Wildman–Crippen LogP) is 4.89. The van der Waals surface area contributed by atoms with Gasteiger partial charge in [-0.1, -0.05) is 42.5 Å². The van der Waals surface area contributed by atoms with Crippen molar-refractivity contribution in [1.29, 1.82) is 0 Å². The highest BCUT2D eigenvalue weighted by Gasteiger charge is 2.40. The second-order valence-corrected chi connectivity index (χ2v) is 8.11. The van der Waals surface area contributed by atoms with E-state index in [0.717, 1.165) is 19.4 Å². The zero-order valence-electron chi connectivity index (χ0n) is 15.7. The van der Waals surface area contributed by atoms with E-state index in [1.165, 1.54) is 22.4 Å². The van der Waals surface area contributed by atoms with Crippen molar-refractivity contribution in [2.24, 2.45) is 0 Å². The Labute approximate surface area is 155 Å². The molecular formula is C22H26N2O2. The van der Waals surface area contributed by atoms with Gasteiger partial charge in [-0.25, -0.2) is 4.79 Å². The fourth-order valence-electron chi connectivity index (χ4n) is 4.01. The molecule has 2 aliphatic rings. The van der Waals surface area contributed by atoms with Crippen LogP contribution in [-0.2, 0) is 17.7 Å². The van der Waals surface area contributed by atoms with Gasteiger partial charge in [0.15, 0.2) is 0 Å². The van der Waals surface area contributed by atoms with Crippen LogP contribution in [-0.4, -0.2) is 23.1 Å². The molecule has 0 N–H and O–H groups in total. The number of ether oxygens (including phenoxy) is 1. The summed E-state index contributed by atoms with van der Waals surface area (Å²) in [7, 11) is 0. The molecule has 1 unspecified atom stereocenters. The van der Waals surface area contributed by atoms with Crippen molar-refractivity contribution in [2.75, 3.05) is 11.4 Å². The third-order valence-electron chi connectivity index (χ3n) is 5.04. The molecule has 0 saturated heterocycles. The number of nitrogens with zero attached hydrogens (tertiary/aromatic N) is 2. The highest BCUT2D eigenvalue weighted by atomic mass is 16.6. The van der Waals surface area contributed by atoms with Crippen LogP contribution in [0, 0.1) is 0 Å². The van der Waals surface area contributed by atoms with E-state index in [0.29, 0.717) is 6.54 Å². The minimum atomic E-state index is -0.504. The molecule has 4 heteroatoms. The monoisotopic (exact) mass is 350 g/mol. The quantitative estimate of drug-likeness (QED) is 0.734. The number of carbonyl (C=O) groups excluding carboxylic acids is 1. The normalized spacial score (nSPS) is 19.1. The van der Waals surface area contributed by atoms with E-state index in [2.05, 4.69) is 47.4 Å². The van der Waals surface area contributed by atoms with E-state index in [1.54, 1.807) is 0 Å². The van der Waals surface area contributed by atoms with Crippen LogP contribution >= 0.6 is 0 Å². The number of rotatable bonds is 1. The van der Waals surface area contributed by atoms with Crippen LogP contribution in [0.5, 0.6) is 0 Å². The molecule has 1 atom stereocenters. The molecule has 0 saturated carbocycles. The van der Waals surface area contributed by atoms with Crippen LogP contribution in [0.3, 0.4) is 0 Å². The number of hydrogen-bond acceptors (Lipinski definition) is 3. The maximum absolute atomic E-state index is 13.0. The Hall–Kier alpha value is -2.49. The van der Waals surface area contributed by atoms with Crippen LogP contribution in [0.15, 0.2) is 48.5 Å². The molecule has 0 bridgehead atoms. The summed E-state index contributed by atoms with van der Waals surface area (Å²) in [6.45, 7) is 7.28.